The minimum absolute atomic E-state index is 0.128. The van der Waals surface area contributed by atoms with E-state index in [1.807, 2.05) is 48.5 Å². The van der Waals surface area contributed by atoms with Crippen molar-refractivity contribution in [2.75, 3.05) is 25.6 Å². The highest BCUT2D eigenvalue weighted by atomic mass is 16.5. The fraction of sp³-hybridized carbons (Fsp3) is 0.172. The number of benzene rings is 3. The molecule has 0 aliphatic rings. The van der Waals surface area contributed by atoms with E-state index >= 15 is 0 Å². The Balaban J connectivity index is 1.50. The molecule has 0 aliphatic heterocycles. The monoisotopic (exact) mass is 495 g/mol. The molecule has 0 unspecified atom stereocenters. The maximum Gasteiger partial charge on any atom is 0.268 e. The largest absolute Gasteiger partial charge is 0.483 e. The van der Waals surface area contributed by atoms with Gasteiger partial charge in [-0.2, -0.15) is 5.26 Å². The van der Waals surface area contributed by atoms with Crippen LogP contribution in [-0.4, -0.2) is 36.6 Å². The highest BCUT2D eigenvalue weighted by Gasteiger charge is 2.18. The van der Waals surface area contributed by atoms with Crippen LogP contribution in [0.3, 0.4) is 0 Å². The number of para-hydroxylation sites is 1. The number of anilines is 1. The third-order valence-electron chi connectivity index (χ3n) is 5.74. The maximum absolute atomic E-state index is 13.4. The number of ketones is 1. The van der Waals surface area contributed by atoms with Crippen molar-refractivity contribution in [2.24, 2.45) is 0 Å². The molecule has 0 radical (unpaired) electrons. The van der Waals surface area contributed by atoms with Crippen molar-refractivity contribution in [3.63, 3.8) is 0 Å². The zero-order chi connectivity index (χ0) is 26.2. The van der Waals surface area contributed by atoms with E-state index in [0.717, 1.165) is 10.8 Å². The van der Waals surface area contributed by atoms with E-state index in [2.05, 4.69) is 5.32 Å². The van der Waals surface area contributed by atoms with Crippen LogP contribution in [0.1, 0.15) is 27.9 Å². The van der Waals surface area contributed by atoms with Crippen LogP contribution < -0.4 is 15.6 Å². The van der Waals surface area contributed by atoms with Gasteiger partial charge in [0.2, 0.25) is 0 Å². The van der Waals surface area contributed by atoms with Gasteiger partial charge in [-0.1, -0.05) is 42.5 Å². The van der Waals surface area contributed by atoms with Crippen molar-refractivity contribution in [3.8, 4) is 11.8 Å². The average Bonchev–Trinajstić information content (AvgIpc) is 2.92. The normalized spacial score (nSPS) is 10.6. The number of pyridine rings is 1. The minimum Gasteiger partial charge on any atom is -0.483 e. The molecule has 0 saturated carbocycles. The Morgan fingerprint density at radius 2 is 1.76 bits per heavy atom. The Bertz CT molecular complexity index is 1550. The van der Waals surface area contributed by atoms with Gasteiger partial charge < -0.3 is 19.4 Å². The van der Waals surface area contributed by atoms with Gasteiger partial charge in [0.1, 0.15) is 17.4 Å². The second-order valence-corrected chi connectivity index (χ2v) is 8.32. The molecule has 1 heterocycles. The Morgan fingerprint density at radius 3 is 2.54 bits per heavy atom. The highest BCUT2D eigenvalue weighted by Crippen LogP contribution is 2.22. The quantitative estimate of drug-likeness (QED) is 0.261. The Kier molecular flexibility index (Phi) is 8.08. The van der Waals surface area contributed by atoms with Crippen molar-refractivity contribution in [3.05, 3.63) is 106 Å². The standard InChI is InChI=1S/C29H25N3O5/c1-36-14-6-13-32-18-23(15-22(17-30)29(32)35)28(34)25-9-4-5-10-26(25)37-19-27(33)31-24-12-11-20-7-2-3-8-21(20)16-24/h2-5,7-12,15-16,18H,6,13-14,19H2,1H3,(H,31,33). The van der Waals surface area contributed by atoms with Crippen molar-refractivity contribution in [1.29, 1.82) is 5.26 Å². The third-order valence-corrected chi connectivity index (χ3v) is 5.74. The first-order valence-corrected chi connectivity index (χ1v) is 11.7. The number of amides is 1. The van der Waals surface area contributed by atoms with Crippen LogP contribution in [0.5, 0.6) is 5.75 Å². The lowest BCUT2D eigenvalue weighted by Crippen LogP contribution is -2.25. The van der Waals surface area contributed by atoms with Gasteiger partial charge in [-0.05, 0) is 47.5 Å². The highest BCUT2D eigenvalue weighted by molar-refractivity contribution is 6.10. The van der Waals surface area contributed by atoms with Crippen LogP contribution in [0, 0.1) is 11.3 Å². The van der Waals surface area contributed by atoms with Crippen molar-refractivity contribution in [2.45, 2.75) is 13.0 Å². The van der Waals surface area contributed by atoms with Gasteiger partial charge in [0.25, 0.3) is 11.5 Å². The number of aromatic nitrogens is 1. The summed E-state index contributed by atoms with van der Waals surface area (Å²) in [6.45, 7) is 0.428. The number of nitriles is 1. The maximum atomic E-state index is 13.4. The van der Waals surface area contributed by atoms with Crippen molar-refractivity contribution < 1.29 is 19.1 Å². The number of nitrogens with zero attached hydrogens (tertiary/aromatic N) is 2. The smallest absolute Gasteiger partial charge is 0.268 e. The van der Waals surface area contributed by atoms with Gasteiger partial charge in [0.15, 0.2) is 12.4 Å². The first kappa shape index (κ1) is 25.4. The molecule has 0 fully saturated rings. The molecule has 1 aromatic heterocycles. The van der Waals surface area contributed by atoms with E-state index in [0.29, 0.717) is 25.3 Å². The van der Waals surface area contributed by atoms with Gasteiger partial charge >= 0.3 is 0 Å². The Hall–Kier alpha value is -4.74. The summed E-state index contributed by atoms with van der Waals surface area (Å²) in [5.74, 6) is -0.588. The van der Waals surface area contributed by atoms with Crippen LogP contribution in [0.4, 0.5) is 5.69 Å². The molecule has 8 nitrogen and oxygen atoms in total. The molecule has 0 aliphatic carbocycles. The summed E-state index contributed by atoms with van der Waals surface area (Å²) >= 11 is 0. The van der Waals surface area contributed by atoms with E-state index in [4.69, 9.17) is 9.47 Å². The van der Waals surface area contributed by atoms with Crippen LogP contribution in [-0.2, 0) is 16.1 Å². The summed E-state index contributed by atoms with van der Waals surface area (Å²) in [5.41, 5.74) is 0.426. The summed E-state index contributed by atoms with van der Waals surface area (Å²) in [6.07, 6.45) is 1.98. The first-order chi connectivity index (χ1) is 18.0. The lowest BCUT2D eigenvalue weighted by molar-refractivity contribution is -0.118. The van der Waals surface area contributed by atoms with Crippen LogP contribution in [0.25, 0.3) is 10.8 Å². The summed E-state index contributed by atoms with van der Waals surface area (Å²) in [7, 11) is 1.56. The number of aryl methyl sites for hydroxylation is 1. The zero-order valence-corrected chi connectivity index (χ0v) is 20.3. The van der Waals surface area contributed by atoms with Gasteiger partial charge in [0.05, 0.1) is 5.56 Å². The van der Waals surface area contributed by atoms with E-state index in [-0.39, 0.29) is 35.0 Å². The lowest BCUT2D eigenvalue weighted by Gasteiger charge is -2.13. The number of nitrogens with one attached hydrogen (secondary N) is 1. The van der Waals surface area contributed by atoms with E-state index in [1.54, 1.807) is 31.4 Å². The van der Waals surface area contributed by atoms with Crippen LogP contribution in [0.2, 0.25) is 0 Å². The number of rotatable bonds is 10. The number of ether oxygens (including phenoxy) is 2. The minimum atomic E-state index is -0.468. The molecule has 0 spiro atoms. The predicted octanol–water partition coefficient (Wildman–Crippen LogP) is 4.16. The molecular formula is C29H25N3O5. The molecule has 186 valence electrons. The molecular weight excluding hydrogens is 470 g/mol. The summed E-state index contributed by atoms with van der Waals surface area (Å²) < 4.78 is 12.1. The number of hydrogen-bond acceptors (Lipinski definition) is 6. The molecule has 37 heavy (non-hydrogen) atoms. The lowest BCUT2D eigenvalue weighted by atomic mass is 10.0. The molecule has 1 amide bonds. The van der Waals surface area contributed by atoms with Crippen molar-refractivity contribution in [1.82, 2.24) is 4.57 Å². The molecule has 8 heteroatoms. The van der Waals surface area contributed by atoms with E-state index in [9.17, 15) is 19.6 Å². The summed E-state index contributed by atoms with van der Waals surface area (Å²) in [4.78, 5) is 38.4. The van der Waals surface area contributed by atoms with Crippen LogP contribution >= 0.6 is 0 Å². The number of hydrogen-bond donors (Lipinski definition) is 1. The fourth-order valence-corrected chi connectivity index (χ4v) is 3.93. The van der Waals surface area contributed by atoms with Crippen LogP contribution in [0.15, 0.2) is 83.8 Å². The van der Waals surface area contributed by atoms with Crippen molar-refractivity contribution >= 4 is 28.2 Å². The molecule has 4 aromatic rings. The van der Waals surface area contributed by atoms with Gasteiger partial charge in [-0.25, -0.2) is 0 Å². The second-order valence-electron chi connectivity index (χ2n) is 8.32. The second kappa shape index (κ2) is 11.8. The molecule has 0 bridgehead atoms. The summed E-state index contributed by atoms with van der Waals surface area (Å²) in [6, 6.07) is 23.1. The molecule has 0 atom stereocenters. The first-order valence-electron chi connectivity index (χ1n) is 11.7. The molecule has 4 rings (SSSR count). The number of carbonyl (C=O) groups is 2. The fourth-order valence-electron chi connectivity index (χ4n) is 3.93. The molecule has 1 N–H and O–H groups in total. The topological polar surface area (TPSA) is 110 Å². The molecule has 0 saturated heterocycles. The van der Waals surface area contributed by atoms with Gasteiger partial charge in [-0.3, -0.25) is 14.4 Å². The van der Waals surface area contributed by atoms with Gasteiger partial charge in [0, 0.05) is 37.7 Å². The number of fused-ring (bicyclic) bond motifs is 1. The third kappa shape index (κ3) is 6.10. The Morgan fingerprint density at radius 1 is 1.00 bits per heavy atom. The van der Waals surface area contributed by atoms with E-state index < -0.39 is 11.3 Å². The number of methoxy groups -OCH3 is 1. The SMILES string of the molecule is COCCCn1cc(C(=O)c2ccccc2OCC(=O)Nc2ccc3ccccc3c2)cc(C#N)c1=O. The predicted molar refractivity (Wildman–Crippen MR) is 140 cm³/mol. The summed E-state index contributed by atoms with van der Waals surface area (Å²) in [5, 5.41) is 14.3. The number of carbonyl (C=O) groups excluding carboxylic acids is 2. The van der Waals surface area contributed by atoms with E-state index in [1.165, 1.54) is 16.8 Å². The average molecular weight is 496 g/mol. The van der Waals surface area contributed by atoms with Gasteiger partial charge in [-0.15, -0.1) is 0 Å². The Labute approximate surface area is 213 Å². The molecule has 3 aromatic carbocycles. The zero-order valence-electron chi connectivity index (χ0n) is 20.3.